The van der Waals surface area contributed by atoms with E-state index in [9.17, 15) is 0 Å². The molecule has 0 atom stereocenters. The maximum Gasteiger partial charge on any atom is 0.124 e. The number of allylic oxidation sites excluding steroid dienone is 2. The van der Waals surface area contributed by atoms with Crippen molar-refractivity contribution in [2.75, 3.05) is 7.05 Å². The van der Waals surface area contributed by atoms with Crippen molar-refractivity contribution >= 4 is 5.84 Å². The van der Waals surface area contributed by atoms with Crippen molar-refractivity contribution in [3.05, 3.63) is 24.4 Å². The smallest absolute Gasteiger partial charge is 0.124 e. The second-order valence-corrected chi connectivity index (χ2v) is 1.79. The standard InChI is InChI=1S/C7H10N2/c1-8-7-5-3-2-4-6-9-7/h3-6H,2H2,1H3,(H,8,9). The number of nitrogens with zero attached hydrogens (tertiary/aromatic N) is 1. The average molecular weight is 122 g/mol. The van der Waals surface area contributed by atoms with Crippen molar-refractivity contribution in [1.82, 2.24) is 5.32 Å². The number of hydrogen-bond donors (Lipinski definition) is 1. The lowest BCUT2D eigenvalue weighted by Crippen LogP contribution is -2.12. The molecule has 0 saturated carbocycles. The van der Waals surface area contributed by atoms with E-state index in [1.807, 2.05) is 12.3 Å². The Morgan fingerprint density at radius 1 is 1.56 bits per heavy atom. The van der Waals surface area contributed by atoms with Gasteiger partial charge in [-0.25, -0.2) is 0 Å². The molecule has 2 nitrogen and oxygen atoms in total. The molecule has 1 heterocycles. The molecule has 1 rings (SSSR count). The summed E-state index contributed by atoms with van der Waals surface area (Å²) in [6.45, 7) is 0. The molecule has 0 spiro atoms. The third-order valence-electron chi connectivity index (χ3n) is 1.14. The fourth-order valence-electron chi connectivity index (χ4n) is 0.658. The minimum atomic E-state index is 0.920. The summed E-state index contributed by atoms with van der Waals surface area (Å²) >= 11 is 0. The maximum atomic E-state index is 3.98. The zero-order chi connectivity index (χ0) is 6.53. The van der Waals surface area contributed by atoms with Crippen molar-refractivity contribution in [3.8, 4) is 0 Å². The van der Waals surface area contributed by atoms with Gasteiger partial charge < -0.3 is 5.32 Å². The van der Waals surface area contributed by atoms with E-state index >= 15 is 0 Å². The van der Waals surface area contributed by atoms with Crippen molar-refractivity contribution in [1.29, 1.82) is 0 Å². The topological polar surface area (TPSA) is 24.4 Å². The van der Waals surface area contributed by atoms with Crippen molar-refractivity contribution in [2.45, 2.75) is 6.42 Å². The van der Waals surface area contributed by atoms with Gasteiger partial charge in [-0.05, 0) is 18.7 Å². The molecule has 2 heteroatoms. The summed E-state index contributed by atoms with van der Waals surface area (Å²) in [5.74, 6) is 0.920. The van der Waals surface area contributed by atoms with E-state index in [0.29, 0.717) is 0 Å². The quantitative estimate of drug-likeness (QED) is 0.510. The van der Waals surface area contributed by atoms with Crippen LogP contribution in [-0.4, -0.2) is 12.9 Å². The molecule has 0 aromatic carbocycles. The second kappa shape index (κ2) is 3.07. The fourth-order valence-corrected chi connectivity index (χ4v) is 0.658. The van der Waals surface area contributed by atoms with Crippen molar-refractivity contribution < 1.29 is 0 Å². The Hall–Kier alpha value is -1.05. The van der Waals surface area contributed by atoms with Gasteiger partial charge in [0.2, 0.25) is 0 Å². The van der Waals surface area contributed by atoms with Gasteiger partial charge in [-0.15, -0.1) is 0 Å². The molecular weight excluding hydrogens is 112 g/mol. The highest BCUT2D eigenvalue weighted by atomic mass is 15.0. The number of amidine groups is 1. The summed E-state index contributed by atoms with van der Waals surface area (Å²) in [5.41, 5.74) is 0. The van der Waals surface area contributed by atoms with E-state index in [2.05, 4.69) is 22.5 Å². The van der Waals surface area contributed by atoms with Gasteiger partial charge in [0.25, 0.3) is 0 Å². The molecule has 1 aliphatic heterocycles. The number of rotatable bonds is 0. The molecule has 1 aliphatic rings. The Bertz CT molecular complexity index is 166. The van der Waals surface area contributed by atoms with Crippen LogP contribution in [0.2, 0.25) is 0 Å². The molecular formula is C7H10N2. The van der Waals surface area contributed by atoms with Gasteiger partial charge >= 0.3 is 0 Å². The lowest BCUT2D eigenvalue weighted by molar-refractivity contribution is 1.24. The molecule has 0 radical (unpaired) electrons. The largest absolute Gasteiger partial charge is 0.347 e. The van der Waals surface area contributed by atoms with E-state index < -0.39 is 0 Å². The van der Waals surface area contributed by atoms with Gasteiger partial charge in [-0.2, -0.15) is 0 Å². The summed E-state index contributed by atoms with van der Waals surface area (Å²) in [7, 11) is 1.77. The van der Waals surface area contributed by atoms with E-state index in [0.717, 1.165) is 12.3 Å². The molecule has 0 aromatic heterocycles. The molecule has 0 unspecified atom stereocenters. The van der Waals surface area contributed by atoms with Crippen LogP contribution in [0.5, 0.6) is 0 Å². The van der Waals surface area contributed by atoms with Crippen LogP contribution in [0.25, 0.3) is 0 Å². The van der Waals surface area contributed by atoms with E-state index in [1.54, 1.807) is 7.05 Å². The van der Waals surface area contributed by atoms with Crippen LogP contribution < -0.4 is 5.32 Å². The van der Waals surface area contributed by atoms with Crippen molar-refractivity contribution in [2.24, 2.45) is 4.99 Å². The first-order chi connectivity index (χ1) is 4.43. The van der Waals surface area contributed by atoms with Crippen LogP contribution in [0.1, 0.15) is 6.42 Å². The lowest BCUT2D eigenvalue weighted by atomic mass is 10.4. The highest BCUT2D eigenvalue weighted by Crippen LogP contribution is 1.90. The van der Waals surface area contributed by atoms with Gasteiger partial charge in [0.15, 0.2) is 0 Å². The molecule has 1 N–H and O–H groups in total. The normalized spacial score (nSPS) is 21.7. The van der Waals surface area contributed by atoms with Crippen LogP contribution in [0.4, 0.5) is 0 Å². The van der Waals surface area contributed by atoms with Crippen LogP contribution in [-0.2, 0) is 0 Å². The van der Waals surface area contributed by atoms with Gasteiger partial charge in [0.1, 0.15) is 5.84 Å². The predicted molar refractivity (Wildman–Crippen MR) is 39.4 cm³/mol. The molecule has 0 aliphatic carbocycles. The van der Waals surface area contributed by atoms with Gasteiger partial charge in [0, 0.05) is 7.05 Å². The zero-order valence-corrected chi connectivity index (χ0v) is 5.46. The summed E-state index contributed by atoms with van der Waals surface area (Å²) in [6, 6.07) is 0. The molecule has 0 bridgehead atoms. The summed E-state index contributed by atoms with van der Waals surface area (Å²) < 4.78 is 0. The Morgan fingerprint density at radius 3 is 3.22 bits per heavy atom. The first kappa shape index (κ1) is 6.08. The monoisotopic (exact) mass is 122 g/mol. The van der Waals surface area contributed by atoms with E-state index in [1.165, 1.54) is 0 Å². The zero-order valence-electron chi connectivity index (χ0n) is 5.46. The third kappa shape index (κ3) is 1.72. The average Bonchev–Trinajstić information content (AvgIpc) is 2.13. The van der Waals surface area contributed by atoms with Crippen LogP contribution >= 0.6 is 0 Å². The minimum Gasteiger partial charge on any atom is -0.347 e. The Morgan fingerprint density at radius 2 is 2.44 bits per heavy atom. The molecule has 0 saturated heterocycles. The number of aliphatic imine (C=N–C) groups is 1. The number of hydrogen-bond acceptors (Lipinski definition) is 1. The Kier molecular flexibility index (Phi) is 2.07. The van der Waals surface area contributed by atoms with Gasteiger partial charge in [0.05, 0.1) is 0 Å². The van der Waals surface area contributed by atoms with Crippen LogP contribution in [0.15, 0.2) is 29.4 Å². The molecule has 48 valence electrons. The summed E-state index contributed by atoms with van der Waals surface area (Å²) in [5, 5.41) is 3.01. The first-order valence-electron chi connectivity index (χ1n) is 2.98. The Labute approximate surface area is 55.0 Å². The highest BCUT2D eigenvalue weighted by molar-refractivity contribution is 5.93. The molecule has 0 amide bonds. The maximum absolute atomic E-state index is 3.98. The van der Waals surface area contributed by atoms with Crippen LogP contribution in [0.3, 0.4) is 0 Å². The number of nitrogens with one attached hydrogen (secondary N) is 1. The molecule has 0 fully saturated rings. The van der Waals surface area contributed by atoms with E-state index in [-0.39, 0.29) is 0 Å². The van der Waals surface area contributed by atoms with E-state index in [4.69, 9.17) is 0 Å². The molecule has 0 aromatic rings. The predicted octanol–water partition coefficient (Wildman–Crippen LogP) is 1.08. The Balaban J connectivity index is 2.66. The summed E-state index contributed by atoms with van der Waals surface area (Å²) in [4.78, 5) is 3.98. The van der Waals surface area contributed by atoms with Gasteiger partial charge in [-0.1, -0.05) is 12.2 Å². The van der Waals surface area contributed by atoms with Crippen LogP contribution in [0, 0.1) is 0 Å². The third-order valence-corrected chi connectivity index (χ3v) is 1.14. The van der Waals surface area contributed by atoms with Gasteiger partial charge in [-0.3, -0.25) is 4.99 Å². The first-order valence-corrected chi connectivity index (χ1v) is 2.98. The SMILES string of the molecule is CN=C1C=CCC=CN1. The van der Waals surface area contributed by atoms with Crippen molar-refractivity contribution in [3.63, 3.8) is 0 Å². The minimum absolute atomic E-state index is 0.920. The fraction of sp³-hybridized carbons (Fsp3) is 0.286. The highest BCUT2D eigenvalue weighted by Gasteiger charge is 1.88. The summed E-state index contributed by atoms with van der Waals surface area (Å²) in [6.07, 6.45) is 8.99. The second-order valence-electron chi connectivity index (χ2n) is 1.79. The lowest BCUT2D eigenvalue weighted by Gasteiger charge is -1.93. The molecule has 9 heavy (non-hydrogen) atoms.